The smallest absolute Gasteiger partial charge is 0.412 e. The summed E-state index contributed by atoms with van der Waals surface area (Å²) >= 11 is 0. The average molecular weight is 384 g/mol. The molecule has 148 valence electrons. The van der Waals surface area contributed by atoms with Crippen LogP contribution in [0.2, 0.25) is 0 Å². The number of anilines is 2. The summed E-state index contributed by atoms with van der Waals surface area (Å²) in [5.74, 6) is 1.29. The molecule has 0 radical (unpaired) electrons. The van der Waals surface area contributed by atoms with E-state index < -0.39 is 11.7 Å². The van der Waals surface area contributed by atoms with E-state index in [1.807, 2.05) is 6.92 Å². The van der Waals surface area contributed by atoms with Gasteiger partial charge in [0.15, 0.2) is 0 Å². The molecule has 1 N–H and O–H groups in total. The summed E-state index contributed by atoms with van der Waals surface area (Å²) in [5.41, 5.74) is 1.68. The van der Waals surface area contributed by atoms with Crippen LogP contribution in [-0.2, 0) is 16.1 Å². The number of ether oxygens (including phenoxy) is 1. The van der Waals surface area contributed by atoms with E-state index in [1.165, 1.54) is 0 Å². The first-order chi connectivity index (χ1) is 13.2. The zero-order chi connectivity index (χ0) is 20.1. The third kappa shape index (κ3) is 3.83. The van der Waals surface area contributed by atoms with Gasteiger partial charge < -0.3 is 4.74 Å². The lowest BCUT2D eigenvalue weighted by Crippen LogP contribution is -2.30. The topological polar surface area (TPSA) is 102 Å². The van der Waals surface area contributed by atoms with Crippen LogP contribution in [-0.4, -0.2) is 43.9 Å². The van der Waals surface area contributed by atoms with E-state index in [0.29, 0.717) is 24.1 Å². The second kappa shape index (κ2) is 6.57. The zero-order valence-corrected chi connectivity index (χ0v) is 16.5. The summed E-state index contributed by atoms with van der Waals surface area (Å²) < 4.78 is 6.92. The van der Waals surface area contributed by atoms with Gasteiger partial charge in [-0.1, -0.05) is 0 Å². The molecule has 0 spiro atoms. The molecule has 2 unspecified atom stereocenters. The Morgan fingerprint density at radius 2 is 2.14 bits per heavy atom. The zero-order valence-electron chi connectivity index (χ0n) is 16.5. The van der Waals surface area contributed by atoms with Crippen molar-refractivity contribution in [1.82, 2.24) is 19.7 Å². The van der Waals surface area contributed by atoms with Crippen molar-refractivity contribution in [2.75, 3.05) is 16.8 Å². The molecule has 28 heavy (non-hydrogen) atoms. The highest BCUT2D eigenvalue weighted by Crippen LogP contribution is 2.46. The van der Waals surface area contributed by atoms with Crippen LogP contribution in [0.25, 0.3) is 0 Å². The molecule has 9 nitrogen and oxygen atoms in total. The minimum absolute atomic E-state index is 0.141. The molecule has 1 aliphatic carbocycles. The normalized spacial score (nSPS) is 20.9. The van der Waals surface area contributed by atoms with Gasteiger partial charge in [0, 0.05) is 36.1 Å². The van der Waals surface area contributed by atoms with Gasteiger partial charge in [-0.15, -0.1) is 0 Å². The number of hydrogen-bond acceptors (Lipinski definition) is 6. The van der Waals surface area contributed by atoms with Crippen LogP contribution in [0, 0.1) is 18.8 Å². The van der Waals surface area contributed by atoms with Gasteiger partial charge in [0.1, 0.15) is 5.60 Å². The van der Waals surface area contributed by atoms with Gasteiger partial charge in [-0.25, -0.2) is 14.8 Å². The number of nitrogens with zero attached hydrogens (tertiary/aromatic N) is 5. The first-order valence-electron chi connectivity index (χ1n) is 9.36. The number of hydrogen-bond donors (Lipinski definition) is 1. The molecule has 1 aliphatic heterocycles. The molecule has 4 rings (SSSR count). The highest BCUT2D eigenvalue weighted by atomic mass is 16.6. The first kappa shape index (κ1) is 18.4. The molecular formula is C19H24N6O3. The fraction of sp³-hybridized carbons (Fsp3) is 0.526. The van der Waals surface area contributed by atoms with Crippen LogP contribution in [0.15, 0.2) is 18.6 Å². The van der Waals surface area contributed by atoms with Crippen LogP contribution in [0.4, 0.5) is 16.4 Å². The molecule has 9 heteroatoms. The van der Waals surface area contributed by atoms with E-state index in [-0.39, 0.29) is 11.8 Å². The van der Waals surface area contributed by atoms with Crippen molar-refractivity contribution >= 4 is 23.6 Å². The largest absolute Gasteiger partial charge is 0.444 e. The Morgan fingerprint density at radius 3 is 2.79 bits per heavy atom. The first-order valence-corrected chi connectivity index (χ1v) is 9.36. The lowest BCUT2D eigenvalue weighted by atomic mass is 10.2. The maximum absolute atomic E-state index is 12.2. The van der Waals surface area contributed by atoms with Crippen LogP contribution in [0.1, 0.15) is 38.4 Å². The van der Waals surface area contributed by atoms with Crippen molar-refractivity contribution < 1.29 is 14.3 Å². The second-order valence-corrected chi connectivity index (χ2v) is 8.39. The Labute approximate surface area is 163 Å². The van der Waals surface area contributed by atoms with E-state index in [9.17, 15) is 9.59 Å². The number of carbonyl (C=O) groups excluding carboxylic acids is 2. The summed E-state index contributed by atoms with van der Waals surface area (Å²) in [6.45, 7) is 8.50. The van der Waals surface area contributed by atoms with Gasteiger partial charge in [0.05, 0.1) is 18.4 Å². The molecule has 2 amide bonds. The standard InChI is InChI=1S/C19H24N6O3/c1-11-13(6-20-17(22-11)25-9-12-5-15(12)16(25)26)8-24-10-14(7-21-24)23-18(27)28-19(2,3)4/h6-7,10,12,15H,5,8-9H2,1-4H3,(H,23,27). The fourth-order valence-corrected chi connectivity index (χ4v) is 3.33. The van der Waals surface area contributed by atoms with Crippen LogP contribution in [0.5, 0.6) is 0 Å². The van der Waals surface area contributed by atoms with E-state index in [0.717, 1.165) is 24.2 Å². The lowest BCUT2D eigenvalue weighted by molar-refractivity contribution is -0.118. The number of fused-ring (bicyclic) bond motifs is 1. The van der Waals surface area contributed by atoms with Crippen molar-refractivity contribution in [1.29, 1.82) is 0 Å². The molecule has 2 atom stereocenters. The maximum atomic E-state index is 12.2. The van der Waals surface area contributed by atoms with Crippen molar-refractivity contribution in [3.8, 4) is 0 Å². The molecule has 3 heterocycles. The molecule has 0 aromatic carbocycles. The van der Waals surface area contributed by atoms with Gasteiger partial charge in [0.25, 0.3) is 0 Å². The third-order valence-electron chi connectivity index (χ3n) is 4.84. The molecule has 2 aromatic rings. The van der Waals surface area contributed by atoms with Gasteiger partial charge >= 0.3 is 6.09 Å². The highest BCUT2D eigenvalue weighted by molar-refractivity contribution is 5.98. The summed E-state index contributed by atoms with van der Waals surface area (Å²) in [6.07, 6.45) is 5.49. The predicted octanol–water partition coefficient (Wildman–Crippen LogP) is 2.36. The molecule has 1 saturated heterocycles. The summed E-state index contributed by atoms with van der Waals surface area (Å²) in [7, 11) is 0. The summed E-state index contributed by atoms with van der Waals surface area (Å²) in [5, 5.41) is 6.91. The van der Waals surface area contributed by atoms with Crippen molar-refractivity contribution in [3.05, 3.63) is 29.8 Å². The van der Waals surface area contributed by atoms with E-state index in [2.05, 4.69) is 20.4 Å². The molecule has 0 bridgehead atoms. The Bertz CT molecular complexity index is 932. The Balaban J connectivity index is 1.40. The molecule has 1 saturated carbocycles. The van der Waals surface area contributed by atoms with Gasteiger partial charge in [-0.2, -0.15) is 5.10 Å². The molecule has 2 aliphatic rings. The van der Waals surface area contributed by atoms with E-state index in [4.69, 9.17) is 4.74 Å². The van der Waals surface area contributed by atoms with Gasteiger partial charge in [-0.05, 0) is 40.0 Å². The van der Waals surface area contributed by atoms with E-state index >= 15 is 0 Å². The van der Waals surface area contributed by atoms with Crippen molar-refractivity contribution in [2.45, 2.75) is 46.3 Å². The monoisotopic (exact) mass is 384 g/mol. The lowest BCUT2D eigenvalue weighted by Gasteiger charge is -2.19. The maximum Gasteiger partial charge on any atom is 0.412 e. The number of aromatic nitrogens is 4. The van der Waals surface area contributed by atoms with Gasteiger partial charge in [0.2, 0.25) is 11.9 Å². The Morgan fingerprint density at radius 1 is 1.36 bits per heavy atom. The Kier molecular flexibility index (Phi) is 4.32. The number of aryl methyl sites for hydroxylation is 1. The van der Waals surface area contributed by atoms with Crippen molar-refractivity contribution in [3.63, 3.8) is 0 Å². The molecular weight excluding hydrogens is 360 g/mol. The summed E-state index contributed by atoms with van der Waals surface area (Å²) in [4.78, 5) is 34.6. The van der Waals surface area contributed by atoms with Crippen molar-refractivity contribution in [2.24, 2.45) is 11.8 Å². The minimum atomic E-state index is -0.562. The average Bonchev–Trinajstić information content (AvgIpc) is 3.11. The highest BCUT2D eigenvalue weighted by Gasteiger charge is 2.53. The SMILES string of the molecule is Cc1nc(N2CC3CC3C2=O)ncc1Cn1cc(NC(=O)OC(C)(C)C)cn1. The van der Waals surface area contributed by atoms with Crippen LogP contribution < -0.4 is 10.2 Å². The number of carbonyl (C=O) groups is 2. The van der Waals surface area contributed by atoms with Gasteiger partial charge in [-0.3, -0.25) is 19.7 Å². The number of rotatable bonds is 4. The number of piperidine rings is 1. The second-order valence-electron chi connectivity index (χ2n) is 8.39. The van der Waals surface area contributed by atoms with Crippen LogP contribution >= 0.6 is 0 Å². The number of amides is 2. The molecule has 2 fully saturated rings. The predicted molar refractivity (Wildman–Crippen MR) is 102 cm³/mol. The third-order valence-corrected chi connectivity index (χ3v) is 4.84. The van der Waals surface area contributed by atoms with E-state index in [1.54, 1.807) is 48.9 Å². The minimum Gasteiger partial charge on any atom is -0.444 e. The quantitative estimate of drug-likeness (QED) is 0.868. The summed E-state index contributed by atoms with van der Waals surface area (Å²) in [6, 6.07) is 0. The molecule has 2 aromatic heterocycles. The number of nitrogens with one attached hydrogen (secondary N) is 1. The van der Waals surface area contributed by atoms with Crippen LogP contribution in [0.3, 0.4) is 0 Å². The Hall–Kier alpha value is -2.97. The fourth-order valence-electron chi connectivity index (χ4n) is 3.33.